The maximum Gasteiger partial charge on any atom is 0.169 e. The summed E-state index contributed by atoms with van der Waals surface area (Å²) in [6, 6.07) is 14.9. The lowest BCUT2D eigenvalue weighted by molar-refractivity contribution is 0.00893. The minimum atomic E-state index is -1.01. The predicted molar refractivity (Wildman–Crippen MR) is 96.8 cm³/mol. The average molecular weight is 355 g/mol. The molecule has 2 aliphatic rings. The first-order chi connectivity index (χ1) is 12.6. The largest absolute Gasteiger partial charge is 0.294 e. The fourth-order valence-corrected chi connectivity index (χ4v) is 4.66. The Bertz CT molecular complexity index is 778. The van der Waals surface area contributed by atoms with E-state index in [9.17, 15) is 13.6 Å². The number of carbonyl (C=O) groups excluding carboxylic acids is 1. The van der Waals surface area contributed by atoms with Crippen molar-refractivity contribution in [1.29, 1.82) is 0 Å². The molecule has 2 atom stereocenters. The molecule has 0 amide bonds. The highest BCUT2D eigenvalue weighted by molar-refractivity contribution is 5.98. The molecular weight excluding hydrogens is 332 g/mol. The van der Waals surface area contributed by atoms with Gasteiger partial charge in [-0.2, -0.15) is 0 Å². The number of ketones is 1. The van der Waals surface area contributed by atoms with Crippen molar-refractivity contribution in [2.75, 3.05) is 0 Å². The molecular formula is C22H23F2NO. The smallest absolute Gasteiger partial charge is 0.169 e. The molecule has 0 aliphatic carbocycles. The van der Waals surface area contributed by atoms with Gasteiger partial charge in [0.1, 0.15) is 0 Å². The summed E-state index contributed by atoms with van der Waals surface area (Å²) in [4.78, 5) is 15.4. The van der Waals surface area contributed by atoms with E-state index in [0.717, 1.165) is 38.3 Å². The molecule has 0 spiro atoms. The minimum absolute atomic E-state index is 0.0930. The van der Waals surface area contributed by atoms with Crippen molar-refractivity contribution >= 4 is 5.78 Å². The summed E-state index contributed by atoms with van der Waals surface area (Å²) in [5, 5.41) is 0. The summed E-state index contributed by atoms with van der Waals surface area (Å²) in [6.07, 6.45) is 4.78. The van der Waals surface area contributed by atoms with Crippen LogP contribution in [0.1, 0.15) is 48.0 Å². The standard InChI is InChI=1S/C22H23F2NO/c23-20-11-5-10-19(21(20)24)22(26)16-12-17-8-4-9-18(13-16)25(17)14-15-6-2-1-3-7-15/h1-3,5-7,10-11,16-18H,4,8-9,12-14H2. The Hall–Kier alpha value is -2.07. The van der Waals surface area contributed by atoms with E-state index < -0.39 is 11.6 Å². The van der Waals surface area contributed by atoms with Crippen LogP contribution < -0.4 is 0 Å². The Morgan fingerprint density at radius 3 is 2.35 bits per heavy atom. The van der Waals surface area contributed by atoms with Gasteiger partial charge in [-0.05, 0) is 43.4 Å². The van der Waals surface area contributed by atoms with E-state index in [4.69, 9.17) is 0 Å². The SMILES string of the molecule is O=C(c1cccc(F)c1F)C1CC2CCCC(C1)N2Cc1ccccc1. The number of hydrogen-bond acceptors (Lipinski definition) is 2. The van der Waals surface area contributed by atoms with E-state index in [-0.39, 0.29) is 17.3 Å². The molecule has 26 heavy (non-hydrogen) atoms. The summed E-state index contributed by atoms with van der Waals surface area (Å²) in [6.45, 7) is 0.894. The Balaban J connectivity index is 1.52. The number of piperidine rings is 2. The number of rotatable bonds is 4. The van der Waals surface area contributed by atoms with Crippen LogP contribution >= 0.6 is 0 Å². The van der Waals surface area contributed by atoms with Crippen LogP contribution in [0.3, 0.4) is 0 Å². The van der Waals surface area contributed by atoms with Crippen molar-refractivity contribution in [2.45, 2.75) is 50.7 Å². The lowest BCUT2D eigenvalue weighted by Crippen LogP contribution is -2.52. The van der Waals surface area contributed by atoms with E-state index >= 15 is 0 Å². The van der Waals surface area contributed by atoms with Gasteiger partial charge in [-0.3, -0.25) is 9.69 Å². The van der Waals surface area contributed by atoms with Crippen molar-refractivity contribution in [3.05, 3.63) is 71.3 Å². The molecule has 0 aromatic heterocycles. The molecule has 2 saturated heterocycles. The summed E-state index contributed by atoms with van der Waals surface area (Å²) in [5.41, 5.74) is 1.19. The average Bonchev–Trinajstić information content (AvgIpc) is 2.64. The van der Waals surface area contributed by atoms with Gasteiger partial charge in [0.25, 0.3) is 0 Å². The van der Waals surface area contributed by atoms with Crippen molar-refractivity contribution in [1.82, 2.24) is 4.90 Å². The van der Waals surface area contributed by atoms with Crippen molar-refractivity contribution in [3.63, 3.8) is 0 Å². The second-order valence-corrected chi connectivity index (χ2v) is 7.53. The molecule has 4 heteroatoms. The summed E-state index contributed by atoms with van der Waals surface area (Å²) >= 11 is 0. The number of Topliss-reactive ketones (excluding diaryl/α,β-unsaturated/α-hetero) is 1. The number of benzene rings is 2. The molecule has 4 rings (SSSR count). The Kier molecular flexibility index (Phi) is 4.86. The quantitative estimate of drug-likeness (QED) is 0.721. The molecule has 0 N–H and O–H groups in total. The van der Waals surface area contributed by atoms with Gasteiger partial charge >= 0.3 is 0 Å². The van der Waals surface area contributed by atoms with Crippen LogP contribution in [0.4, 0.5) is 8.78 Å². The van der Waals surface area contributed by atoms with E-state index in [1.54, 1.807) is 0 Å². The molecule has 2 aromatic carbocycles. The monoisotopic (exact) mass is 355 g/mol. The van der Waals surface area contributed by atoms with E-state index in [0.29, 0.717) is 12.1 Å². The lowest BCUT2D eigenvalue weighted by Gasteiger charge is -2.48. The molecule has 0 saturated carbocycles. The Labute approximate surface area is 152 Å². The van der Waals surface area contributed by atoms with Crippen molar-refractivity contribution in [2.24, 2.45) is 5.92 Å². The number of carbonyl (C=O) groups is 1. The highest BCUT2D eigenvalue weighted by Crippen LogP contribution is 2.39. The maximum absolute atomic E-state index is 14.1. The van der Waals surface area contributed by atoms with Gasteiger partial charge in [0.2, 0.25) is 0 Å². The summed E-state index contributed by atoms with van der Waals surface area (Å²) in [7, 11) is 0. The fourth-order valence-electron chi connectivity index (χ4n) is 4.66. The number of nitrogens with zero attached hydrogens (tertiary/aromatic N) is 1. The van der Waals surface area contributed by atoms with Crippen LogP contribution in [0, 0.1) is 17.6 Å². The lowest BCUT2D eigenvalue weighted by atomic mass is 9.75. The molecule has 0 radical (unpaired) electrons. The van der Waals surface area contributed by atoms with Crippen molar-refractivity contribution in [3.8, 4) is 0 Å². The van der Waals surface area contributed by atoms with Gasteiger partial charge in [-0.15, -0.1) is 0 Å². The van der Waals surface area contributed by atoms with Crippen LogP contribution in [0.2, 0.25) is 0 Å². The van der Waals surface area contributed by atoms with Gasteiger partial charge in [-0.1, -0.05) is 42.8 Å². The molecule has 2 heterocycles. The van der Waals surface area contributed by atoms with Gasteiger partial charge < -0.3 is 0 Å². The second-order valence-electron chi connectivity index (χ2n) is 7.53. The van der Waals surface area contributed by atoms with Crippen LogP contribution in [-0.2, 0) is 6.54 Å². The Morgan fingerprint density at radius 1 is 0.962 bits per heavy atom. The second kappa shape index (κ2) is 7.28. The number of fused-ring (bicyclic) bond motifs is 2. The zero-order valence-corrected chi connectivity index (χ0v) is 14.7. The topological polar surface area (TPSA) is 20.3 Å². The van der Waals surface area contributed by atoms with Crippen molar-refractivity contribution < 1.29 is 13.6 Å². The third kappa shape index (κ3) is 3.30. The fraction of sp³-hybridized carbons (Fsp3) is 0.409. The van der Waals surface area contributed by atoms with E-state index in [1.807, 2.05) is 18.2 Å². The van der Waals surface area contributed by atoms with Gasteiger partial charge in [-0.25, -0.2) is 8.78 Å². The molecule has 2 aliphatic heterocycles. The van der Waals surface area contributed by atoms with Gasteiger partial charge in [0.15, 0.2) is 17.4 Å². The molecule has 2 fully saturated rings. The molecule has 2 aromatic rings. The van der Waals surface area contributed by atoms with Gasteiger partial charge in [0, 0.05) is 24.5 Å². The molecule has 2 bridgehead atoms. The first-order valence-corrected chi connectivity index (χ1v) is 9.41. The third-order valence-electron chi connectivity index (χ3n) is 5.92. The molecule has 136 valence electrons. The summed E-state index contributed by atoms with van der Waals surface area (Å²) < 4.78 is 27.6. The zero-order valence-electron chi connectivity index (χ0n) is 14.7. The minimum Gasteiger partial charge on any atom is -0.294 e. The van der Waals surface area contributed by atoms with E-state index in [1.165, 1.54) is 24.1 Å². The van der Waals surface area contributed by atoms with Crippen LogP contribution in [0.5, 0.6) is 0 Å². The molecule has 2 unspecified atom stereocenters. The maximum atomic E-state index is 14.1. The first-order valence-electron chi connectivity index (χ1n) is 9.41. The van der Waals surface area contributed by atoms with Gasteiger partial charge in [0.05, 0.1) is 5.56 Å². The first kappa shape index (κ1) is 17.3. The van der Waals surface area contributed by atoms with Crippen LogP contribution in [0.15, 0.2) is 48.5 Å². The summed E-state index contributed by atoms with van der Waals surface area (Å²) in [5.74, 6) is -2.40. The van der Waals surface area contributed by atoms with Crippen LogP contribution in [0.25, 0.3) is 0 Å². The highest BCUT2D eigenvalue weighted by atomic mass is 19.2. The highest BCUT2D eigenvalue weighted by Gasteiger charge is 2.41. The molecule has 2 nitrogen and oxygen atoms in total. The van der Waals surface area contributed by atoms with E-state index in [2.05, 4.69) is 17.0 Å². The number of hydrogen-bond donors (Lipinski definition) is 0. The van der Waals surface area contributed by atoms with Crippen LogP contribution in [-0.4, -0.2) is 22.8 Å². The predicted octanol–water partition coefficient (Wildman–Crippen LogP) is 4.98. The Morgan fingerprint density at radius 2 is 1.65 bits per heavy atom. The zero-order chi connectivity index (χ0) is 18.1. The normalized spacial score (nSPS) is 25.8. The number of halogens is 2. The third-order valence-corrected chi connectivity index (χ3v) is 5.92.